The van der Waals surface area contributed by atoms with E-state index in [-0.39, 0.29) is 30.0 Å². The number of fused-ring (bicyclic) bond motifs is 2. The van der Waals surface area contributed by atoms with E-state index in [1.807, 2.05) is 37.3 Å². The number of benzene rings is 3. The Kier molecular flexibility index (Phi) is 5.48. The van der Waals surface area contributed by atoms with Gasteiger partial charge in [0.15, 0.2) is 18.1 Å². The Balaban J connectivity index is 1.31. The van der Waals surface area contributed by atoms with Crippen molar-refractivity contribution in [2.45, 2.75) is 13.0 Å². The first kappa shape index (κ1) is 21.0. The van der Waals surface area contributed by atoms with Crippen LogP contribution in [0.2, 0.25) is 5.02 Å². The normalized spacial score (nSPS) is 17.5. The summed E-state index contributed by atoms with van der Waals surface area (Å²) >= 11 is 5.86. The molecule has 0 saturated heterocycles. The first-order chi connectivity index (χ1) is 16.0. The Morgan fingerprint density at radius 1 is 1.06 bits per heavy atom. The zero-order chi connectivity index (χ0) is 22.9. The second-order valence-corrected chi connectivity index (χ2v) is 8.20. The highest BCUT2D eigenvalue weighted by molar-refractivity contribution is 6.30. The van der Waals surface area contributed by atoms with Crippen LogP contribution in [0.15, 0.2) is 84.1 Å². The Morgan fingerprint density at radius 2 is 1.85 bits per heavy atom. The maximum Gasteiger partial charge on any atom is 0.231 e. The molecule has 2 aliphatic heterocycles. The van der Waals surface area contributed by atoms with Crippen LogP contribution < -0.4 is 14.2 Å². The van der Waals surface area contributed by atoms with E-state index in [0.29, 0.717) is 27.6 Å². The molecular formula is C27H19ClO5. The number of rotatable bonds is 5. The van der Waals surface area contributed by atoms with Crippen molar-refractivity contribution in [2.75, 3.05) is 6.61 Å². The molecule has 0 fully saturated rings. The number of hydrogen-bond donors (Lipinski definition) is 0. The molecule has 0 saturated carbocycles. The minimum absolute atomic E-state index is 0.141. The van der Waals surface area contributed by atoms with Crippen molar-refractivity contribution in [1.82, 2.24) is 0 Å². The number of allylic oxidation sites excluding steroid dienone is 1. The average Bonchev–Trinajstić information content (AvgIpc) is 3.13. The second kappa shape index (κ2) is 8.60. The van der Waals surface area contributed by atoms with E-state index in [0.717, 1.165) is 16.9 Å². The smallest absolute Gasteiger partial charge is 0.231 e. The van der Waals surface area contributed by atoms with Crippen LogP contribution in [0.5, 0.6) is 17.2 Å². The predicted molar refractivity (Wildman–Crippen MR) is 125 cm³/mol. The van der Waals surface area contributed by atoms with Crippen LogP contribution in [0.3, 0.4) is 0 Å². The van der Waals surface area contributed by atoms with Gasteiger partial charge in [-0.25, -0.2) is 0 Å². The molecule has 3 aromatic carbocycles. The van der Waals surface area contributed by atoms with Crippen molar-refractivity contribution in [2.24, 2.45) is 0 Å². The lowest BCUT2D eigenvalue weighted by molar-refractivity contribution is 0.0921. The number of halogens is 1. The van der Waals surface area contributed by atoms with Crippen molar-refractivity contribution < 1.29 is 23.8 Å². The Morgan fingerprint density at radius 3 is 2.67 bits per heavy atom. The number of carbonyl (C=O) groups is 2. The summed E-state index contributed by atoms with van der Waals surface area (Å²) in [6.07, 6.45) is 3.49. The van der Waals surface area contributed by atoms with Crippen LogP contribution in [0.1, 0.15) is 33.2 Å². The zero-order valence-electron chi connectivity index (χ0n) is 17.7. The minimum Gasteiger partial charge on any atom is -0.485 e. The third kappa shape index (κ3) is 4.28. The molecule has 3 aromatic rings. The van der Waals surface area contributed by atoms with Crippen LogP contribution in [-0.4, -0.2) is 24.3 Å². The molecule has 1 atom stereocenters. The first-order valence-corrected chi connectivity index (χ1v) is 10.8. The summed E-state index contributed by atoms with van der Waals surface area (Å²) < 4.78 is 17.4. The molecule has 0 unspecified atom stereocenters. The summed E-state index contributed by atoms with van der Waals surface area (Å²) in [5.74, 6) is 1.48. The van der Waals surface area contributed by atoms with Crippen LogP contribution in [0, 0.1) is 0 Å². The molecule has 0 aliphatic carbocycles. The van der Waals surface area contributed by atoms with Crippen LogP contribution in [0.4, 0.5) is 0 Å². The lowest BCUT2D eigenvalue weighted by atomic mass is 10.0. The lowest BCUT2D eigenvalue weighted by Crippen LogP contribution is -2.18. The van der Waals surface area contributed by atoms with Crippen LogP contribution >= 0.6 is 11.6 Å². The molecule has 0 radical (unpaired) electrons. The SMILES string of the molecule is C[C@H]1Oc2ccccc2C=C1/C=C1\Oc2cc(OCC(=O)c3ccc(Cl)cc3)ccc2C1=O. The molecular weight excluding hydrogens is 440 g/mol. The fourth-order valence-corrected chi connectivity index (χ4v) is 3.82. The van der Waals surface area contributed by atoms with Gasteiger partial charge in [0.25, 0.3) is 0 Å². The molecule has 33 heavy (non-hydrogen) atoms. The third-order valence-electron chi connectivity index (χ3n) is 5.49. The highest BCUT2D eigenvalue weighted by Gasteiger charge is 2.29. The molecule has 5 rings (SSSR count). The van der Waals surface area contributed by atoms with Crippen molar-refractivity contribution in [3.8, 4) is 17.2 Å². The molecule has 0 N–H and O–H groups in total. The first-order valence-electron chi connectivity index (χ1n) is 10.4. The summed E-state index contributed by atoms with van der Waals surface area (Å²) in [7, 11) is 0. The number of Topliss-reactive ketones (excluding diaryl/α,β-unsaturated/α-hetero) is 2. The van der Waals surface area contributed by atoms with Gasteiger partial charge in [-0.3, -0.25) is 9.59 Å². The summed E-state index contributed by atoms with van der Waals surface area (Å²) in [4.78, 5) is 25.2. The zero-order valence-corrected chi connectivity index (χ0v) is 18.5. The highest BCUT2D eigenvalue weighted by atomic mass is 35.5. The molecule has 2 heterocycles. The Bertz CT molecular complexity index is 1320. The molecule has 164 valence electrons. The molecule has 0 bridgehead atoms. The van der Waals surface area contributed by atoms with E-state index < -0.39 is 0 Å². The van der Waals surface area contributed by atoms with Gasteiger partial charge in [-0.2, -0.15) is 0 Å². The summed E-state index contributed by atoms with van der Waals surface area (Å²) in [6.45, 7) is 1.78. The lowest BCUT2D eigenvalue weighted by Gasteiger charge is -2.22. The fraction of sp³-hybridized carbons (Fsp3) is 0.111. The van der Waals surface area contributed by atoms with Gasteiger partial charge >= 0.3 is 0 Å². The maximum absolute atomic E-state index is 12.8. The van der Waals surface area contributed by atoms with E-state index in [9.17, 15) is 9.59 Å². The second-order valence-electron chi connectivity index (χ2n) is 7.76. The van der Waals surface area contributed by atoms with Crippen LogP contribution in [0.25, 0.3) is 6.08 Å². The summed E-state index contributed by atoms with van der Waals surface area (Å²) in [5, 5.41) is 0.561. The standard InChI is InChI=1S/C27H19ClO5/c1-16-19(12-18-4-2-3-5-24(18)32-16)13-26-27(30)22-11-10-21(14-25(22)33-26)31-15-23(29)17-6-8-20(28)9-7-17/h2-14,16H,15H2,1H3/b26-13-/t16-/m1/s1. The summed E-state index contributed by atoms with van der Waals surface area (Å²) in [5.41, 5.74) is 2.75. The van der Waals surface area contributed by atoms with Crippen molar-refractivity contribution in [1.29, 1.82) is 0 Å². The van der Waals surface area contributed by atoms with Gasteiger partial charge in [0, 0.05) is 22.2 Å². The van der Waals surface area contributed by atoms with Gasteiger partial charge < -0.3 is 14.2 Å². The van der Waals surface area contributed by atoms with E-state index in [1.165, 1.54) is 0 Å². The number of para-hydroxylation sites is 1. The average molecular weight is 459 g/mol. The van der Waals surface area contributed by atoms with Crippen molar-refractivity contribution in [3.05, 3.63) is 106 Å². The van der Waals surface area contributed by atoms with Crippen molar-refractivity contribution in [3.63, 3.8) is 0 Å². The third-order valence-corrected chi connectivity index (χ3v) is 5.74. The van der Waals surface area contributed by atoms with Crippen LogP contribution in [-0.2, 0) is 0 Å². The topological polar surface area (TPSA) is 61.8 Å². The molecule has 5 nitrogen and oxygen atoms in total. The fourth-order valence-electron chi connectivity index (χ4n) is 3.70. The number of hydrogen-bond acceptors (Lipinski definition) is 5. The van der Waals surface area contributed by atoms with Gasteiger partial charge in [0.1, 0.15) is 23.4 Å². The number of ketones is 2. The van der Waals surface area contributed by atoms with Gasteiger partial charge in [-0.15, -0.1) is 0 Å². The van der Waals surface area contributed by atoms with E-state index in [4.69, 9.17) is 25.8 Å². The molecule has 0 spiro atoms. The largest absolute Gasteiger partial charge is 0.485 e. The van der Waals surface area contributed by atoms with E-state index >= 15 is 0 Å². The maximum atomic E-state index is 12.8. The van der Waals surface area contributed by atoms with E-state index in [2.05, 4.69) is 0 Å². The predicted octanol–water partition coefficient (Wildman–Crippen LogP) is 5.93. The monoisotopic (exact) mass is 458 g/mol. The van der Waals surface area contributed by atoms with Gasteiger partial charge in [0.2, 0.25) is 5.78 Å². The number of carbonyl (C=O) groups excluding carboxylic acids is 2. The van der Waals surface area contributed by atoms with Gasteiger partial charge in [-0.1, -0.05) is 29.8 Å². The Labute approximate surface area is 195 Å². The highest BCUT2D eigenvalue weighted by Crippen LogP contribution is 2.36. The minimum atomic E-state index is -0.217. The van der Waals surface area contributed by atoms with Gasteiger partial charge in [-0.05, 0) is 67.1 Å². The Hall–Kier alpha value is -3.83. The number of ether oxygens (including phenoxy) is 3. The summed E-state index contributed by atoms with van der Waals surface area (Å²) in [6, 6.07) is 19.3. The molecule has 2 aliphatic rings. The van der Waals surface area contributed by atoms with Gasteiger partial charge in [0.05, 0.1) is 5.56 Å². The van der Waals surface area contributed by atoms with Crippen molar-refractivity contribution >= 4 is 29.2 Å². The molecule has 6 heteroatoms. The molecule has 0 amide bonds. The quantitative estimate of drug-likeness (QED) is 0.350. The van der Waals surface area contributed by atoms with E-state index in [1.54, 1.807) is 48.5 Å². The molecule has 0 aromatic heterocycles.